The fourth-order valence-corrected chi connectivity index (χ4v) is 2.72. The average Bonchev–Trinajstić information content (AvgIpc) is 2.51. The normalized spacial score (nSPS) is 19.0. The molecule has 1 atom stereocenters. The quantitative estimate of drug-likeness (QED) is 0.780. The molecule has 1 aliphatic rings. The number of carbonyl (C=O) groups is 1. The number of urea groups is 1. The van der Waals surface area contributed by atoms with Crippen molar-refractivity contribution < 1.29 is 14.3 Å². The van der Waals surface area contributed by atoms with E-state index in [0.717, 1.165) is 25.8 Å². The summed E-state index contributed by atoms with van der Waals surface area (Å²) in [6, 6.07) is 4.46. The SMILES string of the molecule is Cc1ccc(NC(=O)NCCN2CCCC[C@@H]2CO)cc1F. The highest BCUT2D eigenvalue weighted by Crippen LogP contribution is 2.16. The van der Waals surface area contributed by atoms with Crippen molar-refractivity contribution in [2.75, 3.05) is 31.6 Å². The van der Waals surface area contributed by atoms with Gasteiger partial charge >= 0.3 is 6.03 Å². The van der Waals surface area contributed by atoms with Crippen molar-refractivity contribution in [3.63, 3.8) is 0 Å². The molecule has 2 rings (SSSR count). The Morgan fingerprint density at radius 3 is 3.00 bits per heavy atom. The van der Waals surface area contributed by atoms with Gasteiger partial charge in [-0.2, -0.15) is 0 Å². The van der Waals surface area contributed by atoms with Crippen LogP contribution in [0.4, 0.5) is 14.9 Å². The van der Waals surface area contributed by atoms with Crippen LogP contribution in [-0.2, 0) is 0 Å². The highest BCUT2D eigenvalue weighted by molar-refractivity contribution is 5.89. The number of hydrogen-bond acceptors (Lipinski definition) is 3. The zero-order chi connectivity index (χ0) is 15.9. The van der Waals surface area contributed by atoms with Crippen molar-refractivity contribution >= 4 is 11.7 Å². The Morgan fingerprint density at radius 2 is 2.27 bits per heavy atom. The molecule has 1 aliphatic heterocycles. The van der Waals surface area contributed by atoms with Gasteiger partial charge in [0.1, 0.15) is 5.82 Å². The van der Waals surface area contributed by atoms with E-state index in [1.54, 1.807) is 19.1 Å². The highest BCUT2D eigenvalue weighted by atomic mass is 19.1. The molecule has 0 saturated carbocycles. The second-order valence-electron chi connectivity index (χ2n) is 5.71. The predicted octanol–water partition coefficient (Wildman–Crippen LogP) is 2.10. The third-order valence-corrected chi connectivity index (χ3v) is 4.07. The zero-order valence-corrected chi connectivity index (χ0v) is 12.9. The second kappa shape index (κ2) is 8.10. The minimum absolute atomic E-state index is 0.162. The third kappa shape index (κ3) is 4.68. The van der Waals surface area contributed by atoms with Crippen molar-refractivity contribution in [3.05, 3.63) is 29.6 Å². The van der Waals surface area contributed by atoms with Crippen LogP contribution in [0.2, 0.25) is 0 Å². The Balaban J connectivity index is 1.74. The Kier molecular flexibility index (Phi) is 6.15. The van der Waals surface area contributed by atoms with Crippen LogP contribution in [0.1, 0.15) is 24.8 Å². The molecular weight excluding hydrogens is 285 g/mol. The van der Waals surface area contributed by atoms with Gasteiger partial charge in [0.2, 0.25) is 0 Å². The van der Waals surface area contributed by atoms with Gasteiger partial charge in [-0.3, -0.25) is 4.90 Å². The van der Waals surface area contributed by atoms with E-state index in [1.807, 2.05) is 0 Å². The summed E-state index contributed by atoms with van der Waals surface area (Å²) in [5.41, 5.74) is 0.984. The van der Waals surface area contributed by atoms with Gasteiger partial charge in [0.05, 0.1) is 6.61 Å². The summed E-state index contributed by atoms with van der Waals surface area (Å²) in [4.78, 5) is 14.0. The number of benzene rings is 1. The summed E-state index contributed by atoms with van der Waals surface area (Å²) in [5.74, 6) is -0.336. The molecule has 2 amide bonds. The maximum atomic E-state index is 13.4. The molecule has 0 aromatic heterocycles. The number of hydrogen-bond donors (Lipinski definition) is 3. The Labute approximate surface area is 130 Å². The van der Waals surface area contributed by atoms with E-state index in [1.165, 1.54) is 6.07 Å². The minimum atomic E-state index is -0.346. The molecule has 1 aromatic rings. The molecule has 6 heteroatoms. The molecule has 22 heavy (non-hydrogen) atoms. The molecule has 0 radical (unpaired) electrons. The van der Waals surface area contributed by atoms with Crippen molar-refractivity contribution in [2.24, 2.45) is 0 Å². The summed E-state index contributed by atoms with van der Waals surface area (Å²) < 4.78 is 13.4. The molecule has 1 fully saturated rings. The van der Waals surface area contributed by atoms with Crippen LogP contribution < -0.4 is 10.6 Å². The first-order chi connectivity index (χ1) is 10.6. The number of carbonyl (C=O) groups excluding carboxylic acids is 1. The Bertz CT molecular complexity index is 510. The first-order valence-electron chi connectivity index (χ1n) is 7.76. The molecular formula is C16H24FN3O2. The molecule has 1 aromatic carbocycles. The molecule has 0 aliphatic carbocycles. The molecule has 0 spiro atoms. The van der Waals surface area contributed by atoms with Crippen LogP contribution in [0, 0.1) is 12.7 Å². The lowest BCUT2D eigenvalue weighted by Crippen LogP contribution is -2.46. The van der Waals surface area contributed by atoms with Crippen LogP contribution in [0.25, 0.3) is 0 Å². The number of aryl methyl sites for hydroxylation is 1. The second-order valence-corrected chi connectivity index (χ2v) is 5.71. The standard InChI is InChI=1S/C16H24FN3O2/c1-12-5-6-13(10-15(12)17)19-16(22)18-7-9-20-8-3-2-4-14(20)11-21/h5-6,10,14,21H,2-4,7-9,11H2,1H3,(H2,18,19,22)/t14-/m1/s1. The molecule has 122 valence electrons. The van der Waals surface area contributed by atoms with E-state index < -0.39 is 0 Å². The van der Waals surface area contributed by atoms with Crippen molar-refractivity contribution in [1.29, 1.82) is 0 Å². The number of aliphatic hydroxyl groups is 1. The fraction of sp³-hybridized carbons (Fsp3) is 0.562. The van der Waals surface area contributed by atoms with Gasteiger partial charge < -0.3 is 15.7 Å². The van der Waals surface area contributed by atoms with Crippen molar-refractivity contribution in [2.45, 2.75) is 32.2 Å². The number of aliphatic hydroxyl groups excluding tert-OH is 1. The van der Waals surface area contributed by atoms with E-state index >= 15 is 0 Å². The lowest BCUT2D eigenvalue weighted by molar-refractivity contribution is 0.0917. The van der Waals surface area contributed by atoms with Gasteiger partial charge in [-0.05, 0) is 44.0 Å². The molecule has 5 nitrogen and oxygen atoms in total. The lowest BCUT2D eigenvalue weighted by atomic mass is 10.0. The maximum absolute atomic E-state index is 13.4. The number of nitrogens with one attached hydrogen (secondary N) is 2. The molecule has 0 unspecified atom stereocenters. The summed E-state index contributed by atoms with van der Waals surface area (Å²) >= 11 is 0. The van der Waals surface area contributed by atoms with E-state index in [4.69, 9.17) is 0 Å². The van der Waals surface area contributed by atoms with E-state index in [-0.39, 0.29) is 24.5 Å². The van der Waals surface area contributed by atoms with Gasteiger partial charge in [0, 0.05) is 24.8 Å². The lowest BCUT2D eigenvalue weighted by Gasteiger charge is -2.34. The largest absolute Gasteiger partial charge is 0.395 e. The number of amides is 2. The van der Waals surface area contributed by atoms with Gasteiger partial charge in [0.25, 0.3) is 0 Å². The van der Waals surface area contributed by atoms with Crippen LogP contribution >= 0.6 is 0 Å². The summed E-state index contributed by atoms with van der Waals surface area (Å²) in [7, 11) is 0. The van der Waals surface area contributed by atoms with E-state index in [0.29, 0.717) is 24.3 Å². The Morgan fingerprint density at radius 1 is 1.45 bits per heavy atom. The number of nitrogens with zero attached hydrogens (tertiary/aromatic N) is 1. The fourth-order valence-electron chi connectivity index (χ4n) is 2.72. The molecule has 1 saturated heterocycles. The van der Waals surface area contributed by atoms with Gasteiger partial charge in [-0.25, -0.2) is 9.18 Å². The predicted molar refractivity (Wildman–Crippen MR) is 84.5 cm³/mol. The first kappa shape index (κ1) is 16.7. The van der Waals surface area contributed by atoms with Crippen molar-refractivity contribution in [3.8, 4) is 0 Å². The number of likely N-dealkylation sites (tertiary alicyclic amines) is 1. The molecule has 1 heterocycles. The minimum Gasteiger partial charge on any atom is -0.395 e. The smallest absolute Gasteiger partial charge is 0.319 e. The molecule has 0 bridgehead atoms. The van der Waals surface area contributed by atoms with Crippen LogP contribution in [0.15, 0.2) is 18.2 Å². The Hall–Kier alpha value is -1.66. The average molecular weight is 309 g/mol. The summed E-state index contributed by atoms with van der Waals surface area (Å²) in [6.07, 6.45) is 3.28. The summed E-state index contributed by atoms with van der Waals surface area (Å²) in [6.45, 7) is 4.00. The number of halogens is 1. The zero-order valence-electron chi connectivity index (χ0n) is 12.9. The number of rotatable bonds is 5. The van der Waals surface area contributed by atoms with Gasteiger partial charge in [-0.15, -0.1) is 0 Å². The molecule has 3 N–H and O–H groups in total. The van der Waals surface area contributed by atoms with Crippen LogP contribution in [-0.4, -0.2) is 48.3 Å². The van der Waals surface area contributed by atoms with Crippen LogP contribution in [0.3, 0.4) is 0 Å². The van der Waals surface area contributed by atoms with Gasteiger partial charge in [0.15, 0.2) is 0 Å². The van der Waals surface area contributed by atoms with Gasteiger partial charge in [-0.1, -0.05) is 12.5 Å². The van der Waals surface area contributed by atoms with E-state index in [2.05, 4.69) is 15.5 Å². The van der Waals surface area contributed by atoms with E-state index in [9.17, 15) is 14.3 Å². The summed E-state index contributed by atoms with van der Waals surface area (Å²) in [5, 5.41) is 14.7. The monoisotopic (exact) mass is 309 g/mol. The van der Waals surface area contributed by atoms with Crippen LogP contribution in [0.5, 0.6) is 0 Å². The highest BCUT2D eigenvalue weighted by Gasteiger charge is 2.20. The topological polar surface area (TPSA) is 64.6 Å². The van der Waals surface area contributed by atoms with Crippen molar-refractivity contribution in [1.82, 2.24) is 10.2 Å². The number of anilines is 1. The first-order valence-corrected chi connectivity index (χ1v) is 7.76. The number of piperidine rings is 1. The maximum Gasteiger partial charge on any atom is 0.319 e. The third-order valence-electron chi connectivity index (χ3n) is 4.07.